The number of pyridine rings is 1. The highest BCUT2D eigenvalue weighted by molar-refractivity contribution is 9.10. The molecule has 0 bridgehead atoms. The van der Waals surface area contributed by atoms with Crippen molar-refractivity contribution in [3.05, 3.63) is 47.3 Å². The molecule has 3 rings (SSSR count). The van der Waals surface area contributed by atoms with Crippen LogP contribution in [0.15, 0.2) is 47.3 Å². The Kier molecular flexibility index (Phi) is 2.68. The lowest BCUT2D eigenvalue weighted by Gasteiger charge is -2.06. The second-order valence-corrected chi connectivity index (χ2v) is 4.69. The third kappa shape index (κ3) is 1.82. The van der Waals surface area contributed by atoms with Gasteiger partial charge in [0.15, 0.2) is 5.82 Å². The van der Waals surface area contributed by atoms with E-state index in [4.69, 9.17) is 5.73 Å². The van der Waals surface area contributed by atoms with Gasteiger partial charge in [0, 0.05) is 21.6 Å². The largest absolute Gasteiger partial charge is 0.396 e. The van der Waals surface area contributed by atoms with Gasteiger partial charge in [-0.2, -0.15) is 0 Å². The van der Waals surface area contributed by atoms with E-state index < -0.39 is 0 Å². The van der Waals surface area contributed by atoms with Crippen molar-refractivity contribution in [2.24, 2.45) is 0 Å². The van der Waals surface area contributed by atoms with Crippen LogP contribution in [0, 0.1) is 0 Å². The zero-order valence-electron chi connectivity index (χ0n) is 9.34. The highest BCUT2D eigenvalue weighted by Crippen LogP contribution is 2.29. The summed E-state index contributed by atoms with van der Waals surface area (Å²) in [6, 6.07) is 7.83. The topological polar surface area (TPSA) is 64.7 Å². The Morgan fingerprint density at radius 2 is 1.78 bits per heavy atom. The first-order valence-corrected chi connectivity index (χ1v) is 6.16. The monoisotopic (exact) mass is 300 g/mol. The molecule has 18 heavy (non-hydrogen) atoms. The van der Waals surface area contributed by atoms with E-state index in [-0.39, 0.29) is 0 Å². The van der Waals surface area contributed by atoms with Gasteiger partial charge in [0.25, 0.3) is 0 Å². The number of hydrogen-bond donors (Lipinski definition) is 1. The van der Waals surface area contributed by atoms with Crippen LogP contribution in [0.5, 0.6) is 0 Å². The molecule has 0 aliphatic heterocycles. The van der Waals surface area contributed by atoms with Crippen LogP contribution < -0.4 is 5.73 Å². The molecule has 5 heteroatoms. The van der Waals surface area contributed by atoms with Crippen molar-refractivity contribution in [1.82, 2.24) is 15.0 Å². The average molecular weight is 301 g/mol. The standard InChI is InChI=1S/C13H9BrN4/c14-11-4-3-10(12-9(11)2-1-5-16-12)13-17-6-8(15)7-18-13/h1-7H,15H2. The number of fused-ring (bicyclic) bond motifs is 1. The van der Waals surface area contributed by atoms with Gasteiger partial charge in [-0.3, -0.25) is 4.98 Å². The molecule has 1 aromatic carbocycles. The fourth-order valence-electron chi connectivity index (χ4n) is 1.80. The first-order chi connectivity index (χ1) is 8.75. The predicted octanol–water partition coefficient (Wildman–Crippen LogP) is 3.04. The fraction of sp³-hybridized carbons (Fsp3) is 0. The van der Waals surface area contributed by atoms with Gasteiger partial charge in [-0.1, -0.05) is 22.0 Å². The smallest absolute Gasteiger partial charge is 0.161 e. The molecule has 4 nitrogen and oxygen atoms in total. The summed E-state index contributed by atoms with van der Waals surface area (Å²) < 4.78 is 1.00. The Morgan fingerprint density at radius 1 is 1.00 bits per heavy atom. The van der Waals surface area contributed by atoms with Gasteiger partial charge in [-0.25, -0.2) is 9.97 Å². The van der Waals surface area contributed by atoms with Gasteiger partial charge in [-0.05, 0) is 18.2 Å². The summed E-state index contributed by atoms with van der Waals surface area (Å²) in [5, 5.41) is 1.04. The average Bonchev–Trinajstić information content (AvgIpc) is 2.41. The number of nitrogen functional groups attached to an aromatic ring is 1. The van der Waals surface area contributed by atoms with E-state index in [1.54, 1.807) is 18.6 Å². The zero-order chi connectivity index (χ0) is 12.5. The molecular formula is C13H9BrN4. The van der Waals surface area contributed by atoms with Crippen LogP contribution in [-0.2, 0) is 0 Å². The minimum absolute atomic E-state index is 0.549. The Balaban J connectivity index is 2.30. The zero-order valence-corrected chi connectivity index (χ0v) is 10.9. The Labute approximate surface area is 112 Å². The van der Waals surface area contributed by atoms with Crippen molar-refractivity contribution in [2.45, 2.75) is 0 Å². The molecule has 0 saturated carbocycles. The van der Waals surface area contributed by atoms with Gasteiger partial charge in [0.1, 0.15) is 0 Å². The number of nitrogens with zero attached hydrogens (tertiary/aromatic N) is 3. The van der Waals surface area contributed by atoms with Crippen molar-refractivity contribution in [3.8, 4) is 11.4 Å². The molecule has 0 aliphatic carbocycles. The van der Waals surface area contributed by atoms with Crippen molar-refractivity contribution in [3.63, 3.8) is 0 Å². The minimum Gasteiger partial charge on any atom is -0.396 e. The maximum absolute atomic E-state index is 5.59. The second-order valence-electron chi connectivity index (χ2n) is 3.83. The van der Waals surface area contributed by atoms with Crippen molar-refractivity contribution in [2.75, 3.05) is 5.73 Å². The van der Waals surface area contributed by atoms with Crippen molar-refractivity contribution < 1.29 is 0 Å². The first kappa shape index (κ1) is 11.1. The SMILES string of the molecule is Nc1cnc(-c2ccc(Br)c3cccnc23)nc1. The fourth-order valence-corrected chi connectivity index (χ4v) is 2.25. The molecule has 3 aromatic rings. The second kappa shape index (κ2) is 4.34. The molecule has 0 radical (unpaired) electrons. The van der Waals surface area contributed by atoms with Gasteiger partial charge < -0.3 is 5.73 Å². The number of aromatic nitrogens is 3. The third-order valence-electron chi connectivity index (χ3n) is 2.63. The highest BCUT2D eigenvalue weighted by Gasteiger charge is 2.09. The van der Waals surface area contributed by atoms with Crippen LogP contribution >= 0.6 is 15.9 Å². The van der Waals surface area contributed by atoms with Gasteiger partial charge in [0.2, 0.25) is 0 Å². The van der Waals surface area contributed by atoms with Crippen LogP contribution in [0.3, 0.4) is 0 Å². The van der Waals surface area contributed by atoms with Crippen molar-refractivity contribution >= 4 is 32.5 Å². The maximum Gasteiger partial charge on any atom is 0.161 e. The molecule has 2 N–H and O–H groups in total. The Hall–Kier alpha value is -2.01. The number of hydrogen-bond acceptors (Lipinski definition) is 4. The molecule has 0 fully saturated rings. The summed E-state index contributed by atoms with van der Waals surface area (Å²) in [6.45, 7) is 0. The summed E-state index contributed by atoms with van der Waals surface area (Å²) in [7, 11) is 0. The maximum atomic E-state index is 5.59. The van der Waals surface area contributed by atoms with Crippen LogP contribution in [0.2, 0.25) is 0 Å². The van der Waals surface area contributed by atoms with Gasteiger partial charge >= 0.3 is 0 Å². The van der Waals surface area contributed by atoms with Crippen molar-refractivity contribution in [1.29, 1.82) is 0 Å². The quantitative estimate of drug-likeness (QED) is 0.750. The summed E-state index contributed by atoms with van der Waals surface area (Å²) >= 11 is 3.51. The van der Waals surface area contributed by atoms with Crippen LogP contribution in [0.4, 0.5) is 5.69 Å². The number of benzene rings is 1. The predicted molar refractivity (Wildman–Crippen MR) is 74.9 cm³/mol. The molecular weight excluding hydrogens is 292 g/mol. The van der Waals surface area contributed by atoms with E-state index in [9.17, 15) is 0 Å². The van der Waals surface area contributed by atoms with Crippen LogP contribution in [0.1, 0.15) is 0 Å². The molecule has 0 atom stereocenters. The molecule has 0 unspecified atom stereocenters. The summed E-state index contributed by atoms with van der Waals surface area (Å²) in [5.41, 5.74) is 7.91. The molecule has 0 spiro atoms. The lowest BCUT2D eigenvalue weighted by molar-refractivity contribution is 1.18. The lowest BCUT2D eigenvalue weighted by atomic mass is 10.1. The van der Waals surface area contributed by atoms with E-state index in [1.807, 2.05) is 24.3 Å². The van der Waals surface area contributed by atoms with Gasteiger partial charge in [0.05, 0.1) is 23.6 Å². The minimum atomic E-state index is 0.549. The third-order valence-corrected chi connectivity index (χ3v) is 3.32. The Bertz CT molecular complexity index is 710. The van der Waals surface area contributed by atoms with Crippen LogP contribution in [0.25, 0.3) is 22.3 Å². The summed E-state index contributed by atoms with van der Waals surface area (Å²) in [4.78, 5) is 12.9. The number of anilines is 1. The van der Waals surface area contributed by atoms with Crippen LogP contribution in [-0.4, -0.2) is 15.0 Å². The molecule has 2 aromatic heterocycles. The summed E-state index contributed by atoms with van der Waals surface area (Å²) in [5.74, 6) is 0.625. The molecule has 2 heterocycles. The number of nitrogens with two attached hydrogens (primary N) is 1. The molecule has 0 amide bonds. The van der Waals surface area contributed by atoms with E-state index >= 15 is 0 Å². The van der Waals surface area contributed by atoms with E-state index in [2.05, 4.69) is 30.9 Å². The highest BCUT2D eigenvalue weighted by atomic mass is 79.9. The lowest BCUT2D eigenvalue weighted by Crippen LogP contribution is -1.94. The van der Waals surface area contributed by atoms with E-state index in [0.29, 0.717) is 11.5 Å². The van der Waals surface area contributed by atoms with E-state index in [1.165, 1.54) is 0 Å². The van der Waals surface area contributed by atoms with E-state index in [0.717, 1.165) is 20.9 Å². The molecule has 88 valence electrons. The summed E-state index contributed by atoms with van der Waals surface area (Å²) in [6.07, 6.45) is 4.95. The first-order valence-electron chi connectivity index (χ1n) is 5.37. The molecule has 0 saturated heterocycles. The van der Waals surface area contributed by atoms with Gasteiger partial charge in [-0.15, -0.1) is 0 Å². The number of halogens is 1. The Morgan fingerprint density at radius 3 is 2.56 bits per heavy atom. The normalized spacial score (nSPS) is 10.7. The number of rotatable bonds is 1. The molecule has 0 aliphatic rings.